The van der Waals surface area contributed by atoms with Gasteiger partial charge in [0.05, 0.1) is 28.0 Å². The van der Waals surface area contributed by atoms with Crippen LogP contribution in [0.1, 0.15) is 12.7 Å². The van der Waals surface area contributed by atoms with Gasteiger partial charge < -0.3 is 15.1 Å². The fourth-order valence-electron chi connectivity index (χ4n) is 4.75. The fraction of sp³-hybridized carbons (Fsp3) is 0.241. The Hall–Kier alpha value is -4.59. The number of nitrogens with zero attached hydrogens (tertiary/aromatic N) is 5. The summed E-state index contributed by atoms with van der Waals surface area (Å²) < 4.78 is 80.2. The van der Waals surface area contributed by atoms with Gasteiger partial charge in [-0.3, -0.25) is 4.79 Å². The first kappa shape index (κ1) is 29.9. The second kappa shape index (κ2) is 11.6. The summed E-state index contributed by atoms with van der Waals surface area (Å²) >= 11 is 0. The zero-order valence-corrected chi connectivity index (χ0v) is 23.9. The van der Waals surface area contributed by atoms with E-state index >= 15 is 0 Å². The molecule has 224 valence electrons. The second-order valence-corrected chi connectivity index (χ2v) is 12.0. The number of piperazine rings is 1. The Morgan fingerprint density at radius 3 is 2.00 bits per heavy atom. The molecule has 14 heteroatoms. The van der Waals surface area contributed by atoms with Crippen LogP contribution >= 0.6 is 0 Å². The zero-order chi connectivity index (χ0) is 30.9. The number of carbonyl (C=O) groups is 1. The average molecular weight is 615 g/mol. The first-order chi connectivity index (χ1) is 20.3. The minimum atomic E-state index is -4.88. The van der Waals surface area contributed by atoms with E-state index in [1.807, 2.05) is 4.90 Å². The summed E-state index contributed by atoms with van der Waals surface area (Å²) in [5, 5.41) is 2.65. The molecule has 3 heterocycles. The number of halogens is 4. The number of anilines is 3. The third-order valence-corrected chi connectivity index (χ3v) is 7.93. The number of carbonyl (C=O) groups excluding carboxylic acids is 1. The van der Waals surface area contributed by atoms with Crippen LogP contribution in [0.4, 0.5) is 34.9 Å². The van der Waals surface area contributed by atoms with Gasteiger partial charge in [0.15, 0.2) is 9.84 Å². The van der Waals surface area contributed by atoms with Gasteiger partial charge in [-0.15, -0.1) is 0 Å². The van der Waals surface area contributed by atoms with Gasteiger partial charge in [0.25, 0.3) is 0 Å². The largest absolute Gasteiger partial charge is 0.451 e. The zero-order valence-electron chi connectivity index (χ0n) is 23.1. The Balaban J connectivity index is 1.57. The summed E-state index contributed by atoms with van der Waals surface area (Å²) in [7, 11) is -3.55. The van der Waals surface area contributed by atoms with Crippen molar-refractivity contribution < 1.29 is 30.8 Å². The number of hydrogen-bond donors (Lipinski definition) is 1. The molecule has 1 saturated heterocycles. The maximum atomic E-state index is 14.1. The molecule has 1 aliphatic rings. The predicted octanol–water partition coefficient (Wildman–Crippen LogP) is 5.05. The molecule has 0 aliphatic carbocycles. The van der Waals surface area contributed by atoms with E-state index in [4.69, 9.17) is 0 Å². The van der Waals surface area contributed by atoms with Crippen molar-refractivity contribution in [1.82, 2.24) is 15.0 Å². The van der Waals surface area contributed by atoms with Gasteiger partial charge >= 0.3 is 6.18 Å². The van der Waals surface area contributed by atoms with E-state index in [-0.39, 0.29) is 46.5 Å². The van der Waals surface area contributed by atoms with Gasteiger partial charge in [-0.2, -0.15) is 13.2 Å². The van der Waals surface area contributed by atoms with Gasteiger partial charge in [-0.05, 0) is 42.0 Å². The third kappa shape index (κ3) is 6.74. The van der Waals surface area contributed by atoms with Gasteiger partial charge in [-0.1, -0.05) is 24.3 Å². The molecule has 0 spiro atoms. The fourth-order valence-corrected chi connectivity index (χ4v) is 5.38. The van der Waals surface area contributed by atoms with Crippen molar-refractivity contribution in [1.29, 1.82) is 0 Å². The highest BCUT2D eigenvalue weighted by atomic mass is 32.2. The number of amides is 1. The highest BCUT2D eigenvalue weighted by Gasteiger charge is 2.38. The lowest BCUT2D eigenvalue weighted by Gasteiger charge is -2.37. The van der Waals surface area contributed by atoms with Crippen LogP contribution in [0.5, 0.6) is 0 Å². The Kier molecular flexibility index (Phi) is 8.06. The molecular weight excluding hydrogens is 588 g/mol. The molecule has 0 saturated carbocycles. The van der Waals surface area contributed by atoms with E-state index in [2.05, 4.69) is 20.3 Å². The van der Waals surface area contributed by atoms with E-state index in [0.29, 0.717) is 30.2 Å². The third-order valence-electron chi connectivity index (χ3n) is 6.80. The molecular formula is C29H26F4N6O3S. The van der Waals surface area contributed by atoms with Gasteiger partial charge in [0.1, 0.15) is 17.5 Å². The predicted molar refractivity (Wildman–Crippen MR) is 154 cm³/mol. The molecule has 1 aliphatic heterocycles. The molecule has 0 unspecified atom stereocenters. The number of sulfone groups is 1. The van der Waals surface area contributed by atoms with Crippen LogP contribution in [0.25, 0.3) is 22.4 Å². The molecule has 1 N–H and O–H groups in total. The molecule has 43 heavy (non-hydrogen) atoms. The van der Waals surface area contributed by atoms with Gasteiger partial charge in [0.2, 0.25) is 11.7 Å². The Morgan fingerprint density at radius 2 is 1.47 bits per heavy atom. The van der Waals surface area contributed by atoms with E-state index < -0.39 is 27.7 Å². The molecule has 1 amide bonds. The minimum absolute atomic E-state index is 0.000236. The lowest BCUT2D eigenvalue weighted by molar-refractivity contribution is -0.144. The standard InChI is InChI=1S/C29H26F4N6O3S/c1-18(40)35-22-9-12-24(34-17-22)38-13-15-39(16-14-38)27-25(19-3-7-21(30)8-4-19)26(36-28(37-27)29(31,32)33)20-5-10-23(11-6-20)43(2,41)42/h3-12,17H,13-16H2,1-2H3,(H,35,40). The maximum Gasteiger partial charge on any atom is 0.451 e. The number of pyridine rings is 1. The number of hydrogen-bond acceptors (Lipinski definition) is 8. The smallest absolute Gasteiger partial charge is 0.353 e. The monoisotopic (exact) mass is 614 g/mol. The second-order valence-electron chi connectivity index (χ2n) is 9.96. The number of nitrogens with one attached hydrogen (secondary N) is 1. The molecule has 1 fully saturated rings. The lowest BCUT2D eigenvalue weighted by Crippen LogP contribution is -2.47. The highest BCUT2D eigenvalue weighted by Crippen LogP contribution is 2.41. The summed E-state index contributed by atoms with van der Waals surface area (Å²) in [6, 6.07) is 14.1. The van der Waals surface area contributed by atoms with Crippen molar-refractivity contribution in [3.05, 3.63) is 78.5 Å². The van der Waals surface area contributed by atoms with Crippen LogP contribution in [0.15, 0.2) is 71.8 Å². The molecule has 2 aromatic heterocycles. The normalized spacial score (nSPS) is 14.1. The Labute approximate surface area is 245 Å². The summed E-state index contributed by atoms with van der Waals surface area (Å²) in [5.74, 6) is -1.45. The molecule has 4 aromatic rings. The molecule has 5 rings (SSSR count). The summed E-state index contributed by atoms with van der Waals surface area (Å²) in [5.41, 5.74) is 1.36. The Morgan fingerprint density at radius 1 is 0.860 bits per heavy atom. The van der Waals surface area contributed by atoms with Crippen LogP contribution in [-0.4, -0.2) is 61.7 Å². The summed E-state index contributed by atoms with van der Waals surface area (Å²) in [6.45, 7) is 2.76. The topological polar surface area (TPSA) is 108 Å². The lowest BCUT2D eigenvalue weighted by atomic mass is 9.98. The molecule has 9 nitrogen and oxygen atoms in total. The van der Waals surface area contributed by atoms with E-state index in [1.54, 1.807) is 17.0 Å². The number of rotatable bonds is 6. The quantitative estimate of drug-likeness (QED) is 0.301. The van der Waals surface area contributed by atoms with E-state index in [1.165, 1.54) is 61.7 Å². The summed E-state index contributed by atoms with van der Waals surface area (Å²) in [4.78, 5) is 27.2. The van der Waals surface area contributed by atoms with Crippen LogP contribution in [0, 0.1) is 5.82 Å². The maximum absolute atomic E-state index is 14.1. The molecule has 0 bridgehead atoms. The number of alkyl halides is 3. The average Bonchev–Trinajstić information content (AvgIpc) is 2.96. The summed E-state index contributed by atoms with van der Waals surface area (Å²) in [6.07, 6.45) is -2.32. The van der Waals surface area contributed by atoms with Crippen LogP contribution in [0.3, 0.4) is 0 Å². The van der Waals surface area contributed by atoms with E-state index in [0.717, 1.165) is 6.26 Å². The molecule has 0 atom stereocenters. The van der Waals surface area contributed by atoms with Crippen LogP contribution in [-0.2, 0) is 20.8 Å². The first-order valence-electron chi connectivity index (χ1n) is 13.1. The Bertz CT molecular complexity index is 1740. The molecule has 2 aromatic carbocycles. The van der Waals surface area contributed by atoms with Crippen LogP contribution < -0.4 is 15.1 Å². The SMILES string of the molecule is CC(=O)Nc1ccc(N2CCN(c3nc(C(F)(F)F)nc(-c4ccc(S(C)(=O)=O)cc4)c3-c3ccc(F)cc3)CC2)nc1. The first-order valence-corrected chi connectivity index (χ1v) is 15.0. The number of aromatic nitrogens is 3. The van der Waals surface area contributed by atoms with Gasteiger partial charge in [0, 0.05) is 44.9 Å². The van der Waals surface area contributed by atoms with Crippen molar-refractivity contribution in [3.63, 3.8) is 0 Å². The van der Waals surface area contributed by atoms with Crippen molar-refractivity contribution in [3.8, 4) is 22.4 Å². The van der Waals surface area contributed by atoms with Crippen molar-refractivity contribution in [2.75, 3.05) is 47.6 Å². The molecule has 0 radical (unpaired) electrons. The van der Waals surface area contributed by atoms with E-state index in [9.17, 15) is 30.8 Å². The van der Waals surface area contributed by atoms with Crippen molar-refractivity contribution in [2.24, 2.45) is 0 Å². The van der Waals surface area contributed by atoms with Gasteiger partial charge in [-0.25, -0.2) is 27.8 Å². The van der Waals surface area contributed by atoms with Crippen LogP contribution in [0.2, 0.25) is 0 Å². The van der Waals surface area contributed by atoms with Crippen molar-refractivity contribution >= 4 is 33.1 Å². The highest BCUT2D eigenvalue weighted by molar-refractivity contribution is 7.90. The van der Waals surface area contributed by atoms with Crippen molar-refractivity contribution in [2.45, 2.75) is 18.0 Å². The number of benzene rings is 2. The minimum Gasteiger partial charge on any atom is -0.353 e.